The summed E-state index contributed by atoms with van der Waals surface area (Å²) in [5.74, 6) is 0. The van der Waals surface area contributed by atoms with Gasteiger partial charge in [0, 0.05) is 5.41 Å². The molecule has 0 fully saturated rings. The summed E-state index contributed by atoms with van der Waals surface area (Å²) in [6.45, 7) is 4.77. The van der Waals surface area contributed by atoms with Gasteiger partial charge in [0.05, 0.1) is 0 Å². The van der Waals surface area contributed by atoms with Gasteiger partial charge in [-0.2, -0.15) is 0 Å². The van der Waals surface area contributed by atoms with Crippen LogP contribution in [0.15, 0.2) is 146 Å². The minimum Gasteiger partial charge on any atom is -0.0616 e. The average Bonchev–Trinajstić information content (AvgIpc) is 3.28. The number of benzene rings is 8. The van der Waals surface area contributed by atoms with Crippen LogP contribution in [0.3, 0.4) is 0 Å². The van der Waals surface area contributed by atoms with Crippen molar-refractivity contribution in [1.82, 2.24) is 0 Å². The summed E-state index contributed by atoms with van der Waals surface area (Å²) in [5, 5.41) is 10.3. The van der Waals surface area contributed by atoms with Crippen LogP contribution < -0.4 is 0 Å². The Morgan fingerprint density at radius 2 is 0.791 bits per heavy atom. The van der Waals surface area contributed by atoms with Gasteiger partial charge in [-0.25, -0.2) is 0 Å². The molecule has 0 saturated heterocycles. The molecule has 0 heterocycles. The molecule has 9 rings (SSSR count). The SMILES string of the molecule is CC1(C)c2cc3ccccc3cc2-c2c(-c3c4ccccc4c(-c4cccc5ccccc45)c4ccccc34)cccc21. The zero-order chi connectivity index (χ0) is 28.7. The molecule has 0 bridgehead atoms. The topological polar surface area (TPSA) is 0 Å². The van der Waals surface area contributed by atoms with Crippen LogP contribution in [0.1, 0.15) is 25.0 Å². The highest BCUT2D eigenvalue weighted by Crippen LogP contribution is 2.55. The van der Waals surface area contributed by atoms with Crippen molar-refractivity contribution >= 4 is 43.1 Å². The fourth-order valence-electron chi connectivity index (χ4n) is 7.83. The molecular weight excluding hydrogens is 516 g/mol. The van der Waals surface area contributed by atoms with Crippen molar-refractivity contribution in [3.63, 3.8) is 0 Å². The second-order valence-corrected chi connectivity index (χ2v) is 12.5. The summed E-state index contributed by atoms with van der Waals surface area (Å²) >= 11 is 0. The van der Waals surface area contributed by atoms with Crippen LogP contribution in [0.2, 0.25) is 0 Å². The molecule has 43 heavy (non-hydrogen) atoms. The predicted molar refractivity (Wildman–Crippen MR) is 185 cm³/mol. The third-order valence-electron chi connectivity index (χ3n) is 9.83. The van der Waals surface area contributed by atoms with E-state index >= 15 is 0 Å². The molecule has 0 spiro atoms. The van der Waals surface area contributed by atoms with Crippen LogP contribution in [0.25, 0.3) is 76.5 Å². The summed E-state index contributed by atoms with van der Waals surface area (Å²) in [6.07, 6.45) is 0. The van der Waals surface area contributed by atoms with Gasteiger partial charge < -0.3 is 0 Å². The zero-order valence-electron chi connectivity index (χ0n) is 24.4. The van der Waals surface area contributed by atoms with Gasteiger partial charge in [-0.3, -0.25) is 0 Å². The van der Waals surface area contributed by atoms with Crippen LogP contribution >= 0.6 is 0 Å². The molecule has 0 radical (unpaired) electrons. The summed E-state index contributed by atoms with van der Waals surface area (Å²) in [4.78, 5) is 0. The molecule has 0 saturated carbocycles. The van der Waals surface area contributed by atoms with E-state index in [-0.39, 0.29) is 5.41 Å². The second-order valence-electron chi connectivity index (χ2n) is 12.5. The van der Waals surface area contributed by atoms with Crippen molar-refractivity contribution in [2.24, 2.45) is 0 Å². The van der Waals surface area contributed by atoms with Gasteiger partial charge >= 0.3 is 0 Å². The Bertz CT molecular complexity index is 2360. The van der Waals surface area contributed by atoms with Crippen LogP contribution in [-0.2, 0) is 5.41 Å². The lowest BCUT2D eigenvalue weighted by Crippen LogP contribution is -2.14. The standard InChI is InChI=1S/C43H30/c1-43(2)38-24-12-23-36(42(38)37-25-28-14-3-4-15-29(28)26-39(37)43)41-34-20-9-7-18-32(34)40(33-19-8-10-21-35(33)41)31-22-11-16-27-13-5-6-17-30(27)31/h3-26H,1-2H3. The molecule has 0 heteroatoms. The summed E-state index contributed by atoms with van der Waals surface area (Å²) in [6, 6.07) is 54.1. The molecule has 8 aromatic carbocycles. The number of rotatable bonds is 2. The Morgan fingerprint density at radius 1 is 0.326 bits per heavy atom. The Hall–Kier alpha value is -5.20. The largest absolute Gasteiger partial charge is 0.0616 e. The molecule has 0 nitrogen and oxygen atoms in total. The van der Waals surface area contributed by atoms with Crippen molar-refractivity contribution in [2.75, 3.05) is 0 Å². The van der Waals surface area contributed by atoms with E-state index < -0.39 is 0 Å². The first-order valence-corrected chi connectivity index (χ1v) is 15.2. The van der Waals surface area contributed by atoms with Gasteiger partial charge in [-0.1, -0.05) is 147 Å². The molecule has 0 amide bonds. The number of hydrogen-bond acceptors (Lipinski definition) is 0. The Kier molecular flexibility index (Phi) is 5.05. The average molecular weight is 547 g/mol. The minimum atomic E-state index is -0.0841. The maximum Gasteiger partial charge on any atom is 0.0159 e. The molecule has 1 aliphatic carbocycles. The predicted octanol–water partition coefficient (Wildman–Crippen LogP) is 11.9. The van der Waals surface area contributed by atoms with Gasteiger partial charge in [-0.05, 0) is 99.7 Å². The van der Waals surface area contributed by atoms with Crippen LogP contribution in [0, 0.1) is 0 Å². The van der Waals surface area contributed by atoms with E-state index in [1.54, 1.807) is 0 Å². The highest BCUT2D eigenvalue weighted by Gasteiger charge is 2.37. The Labute approximate surface area is 251 Å². The van der Waals surface area contributed by atoms with E-state index in [9.17, 15) is 0 Å². The van der Waals surface area contributed by atoms with E-state index in [0.717, 1.165) is 0 Å². The van der Waals surface area contributed by atoms with Crippen molar-refractivity contribution < 1.29 is 0 Å². The van der Waals surface area contributed by atoms with Crippen molar-refractivity contribution in [1.29, 1.82) is 0 Å². The third-order valence-corrected chi connectivity index (χ3v) is 9.83. The van der Waals surface area contributed by atoms with Crippen molar-refractivity contribution in [3.8, 4) is 33.4 Å². The highest BCUT2D eigenvalue weighted by molar-refractivity contribution is 6.24. The highest BCUT2D eigenvalue weighted by atomic mass is 14.4. The van der Waals surface area contributed by atoms with Gasteiger partial charge in [0.15, 0.2) is 0 Å². The number of fused-ring (bicyclic) bond motifs is 7. The normalized spacial score (nSPS) is 13.5. The van der Waals surface area contributed by atoms with Gasteiger partial charge in [0.2, 0.25) is 0 Å². The Balaban J connectivity index is 1.44. The molecular formula is C43H30. The Morgan fingerprint density at radius 3 is 1.44 bits per heavy atom. The summed E-state index contributed by atoms with van der Waals surface area (Å²) < 4.78 is 0. The van der Waals surface area contributed by atoms with E-state index in [1.165, 1.54) is 87.6 Å². The molecule has 0 atom stereocenters. The summed E-state index contributed by atoms with van der Waals surface area (Å²) in [5.41, 5.74) is 10.7. The molecule has 0 unspecified atom stereocenters. The lowest BCUT2D eigenvalue weighted by atomic mass is 9.80. The lowest BCUT2D eigenvalue weighted by molar-refractivity contribution is 0.661. The fourth-order valence-corrected chi connectivity index (χ4v) is 7.83. The van der Waals surface area contributed by atoms with Crippen molar-refractivity contribution in [2.45, 2.75) is 19.3 Å². The maximum atomic E-state index is 2.43. The second kappa shape index (κ2) is 8.90. The van der Waals surface area contributed by atoms with Gasteiger partial charge in [0.25, 0.3) is 0 Å². The van der Waals surface area contributed by atoms with E-state index in [4.69, 9.17) is 0 Å². The molecule has 202 valence electrons. The lowest BCUT2D eigenvalue weighted by Gasteiger charge is -2.23. The molecule has 0 aliphatic heterocycles. The first-order valence-electron chi connectivity index (χ1n) is 15.2. The minimum absolute atomic E-state index is 0.0841. The van der Waals surface area contributed by atoms with Crippen LogP contribution in [-0.4, -0.2) is 0 Å². The van der Waals surface area contributed by atoms with Gasteiger partial charge in [-0.15, -0.1) is 0 Å². The third kappa shape index (κ3) is 3.38. The van der Waals surface area contributed by atoms with Crippen molar-refractivity contribution in [3.05, 3.63) is 157 Å². The van der Waals surface area contributed by atoms with Gasteiger partial charge in [0.1, 0.15) is 0 Å². The number of hydrogen-bond donors (Lipinski definition) is 0. The van der Waals surface area contributed by atoms with Crippen LogP contribution in [0.5, 0.6) is 0 Å². The fraction of sp³-hybridized carbons (Fsp3) is 0.0698. The summed E-state index contributed by atoms with van der Waals surface area (Å²) in [7, 11) is 0. The monoisotopic (exact) mass is 546 g/mol. The molecule has 0 N–H and O–H groups in total. The van der Waals surface area contributed by atoms with E-state index in [2.05, 4.69) is 159 Å². The maximum absolute atomic E-state index is 2.43. The molecule has 1 aliphatic rings. The van der Waals surface area contributed by atoms with Crippen LogP contribution in [0.4, 0.5) is 0 Å². The first-order chi connectivity index (χ1) is 21.1. The quantitative estimate of drug-likeness (QED) is 0.189. The zero-order valence-corrected chi connectivity index (χ0v) is 24.4. The smallest absolute Gasteiger partial charge is 0.0159 e. The van der Waals surface area contributed by atoms with E-state index in [1.807, 2.05) is 0 Å². The molecule has 8 aromatic rings. The first kappa shape index (κ1) is 24.4. The molecule has 0 aromatic heterocycles. The van der Waals surface area contributed by atoms with E-state index in [0.29, 0.717) is 0 Å².